The lowest BCUT2D eigenvalue weighted by molar-refractivity contribution is 0.312. The Morgan fingerprint density at radius 1 is 1.00 bits per heavy atom. The van der Waals surface area contributed by atoms with E-state index in [0.29, 0.717) is 28.4 Å². The summed E-state index contributed by atoms with van der Waals surface area (Å²) in [7, 11) is 3.81. The van der Waals surface area contributed by atoms with Gasteiger partial charge in [0, 0.05) is 43.5 Å². The zero-order chi connectivity index (χ0) is 25.1. The summed E-state index contributed by atoms with van der Waals surface area (Å²) in [6, 6.07) is 13.8. The van der Waals surface area contributed by atoms with E-state index in [1.54, 1.807) is 13.3 Å². The van der Waals surface area contributed by atoms with Gasteiger partial charge in [-0.2, -0.15) is 10.1 Å². The molecule has 3 N–H and O–H groups in total. The molecule has 186 valence electrons. The number of methoxy groups -OCH3 is 1. The fourth-order valence-electron chi connectivity index (χ4n) is 4.06. The molecular formula is C25H28ClN9O. The molecular weight excluding hydrogens is 478 g/mol. The van der Waals surface area contributed by atoms with Crippen molar-refractivity contribution in [3.63, 3.8) is 0 Å². The first-order chi connectivity index (χ1) is 17.5. The Kier molecular flexibility index (Phi) is 6.88. The van der Waals surface area contributed by atoms with E-state index in [-0.39, 0.29) is 0 Å². The molecule has 0 aliphatic carbocycles. The maximum absolute atomic E-state index is 6.44. The van der Waals surface area contributed by atoms with E-state index < -0.39 is 0 Å². The van der Waals surface area contributed by atoms with Crippen LogP contribution in [0, 0.1) is 6.92 Å². The van der Waals surface area contributed by atoms with Crippen molar-refractivity contribution in [1.29, 1.82) is 0 Å². The molecule has 11 heteroatoms. The summed E-state index contributed by atoms with van der Waals surface area (Å²) in [4.78, 5) is 18.1. The van der Waals surface area contributed by atoms with Gasteiger partial charge in [0.05, 0.1) is 24.7 Å². The first-order valence-corrected chi connectivity index (χ1v) is 12.0. The third-order valence-corrected chi connectivity index (χ3v) is 6.34. The zero-order valence-electron chi connectivity index (χ0n) is 20.4. The van der Waals surface area contributed by atoms with Crippen LogP contribution in [-0.4, -0.2) is 70.4 Å². The Morgan fingerprint density at radius 2 is 1.81 bits per heavy atom. The van der Waals surface area contributed by atoms with Crippen molar-refractivity contribution in [2.75, 3.05) is 55.9 Å². The maximum Gasteiger partial charge on any atom is 0.229 e. The number of likely N-dealkylation sites (N-methyl/N-ethyl adjacent to an activating group) is 1. The van der Waals surface area contributed by atoms with E-state index in [1.807, 2.05) is 43.3 Å². The molecule has 4 aromatic rings. The molecule has 0 bridgehead atoms. The third kappa shape index (κ3) is 5.19. The smallest absolute Gasteiger partial charge is 0.229 e. The topological polar surface area (TPSA) is 107 Å². The molecule has 0 unspecified atom stereocenters. The highest BCUT2D eigenvalue weighted by Crippen LogP contribution is 2.34. The minimum Gasteiger partial charge on any atom is -0.494 e. The average molecular weight is 506 g/mol. The first-order valence-electron chi connectivity index (χ1n) is 11.7. The van der Waals surface area contributed by atoms with Crippen molar-refractivity contribution in [2.45, 2.75) is 6.92 Å². The molecule has 1 fully saturated rings. The Balaban J connectivity index is 1.37. The van der Waals surface area contributed by atoms with Crippen LogP contribution in [0.5, 0.6) is 5.75 Å². The Hall–Kier alpha value is -3.89. The van der Waals surface area contributed by atoms with E-state index in [0.717, 1.165) is 54.6 Å². The summed E-state index contributed by atoms with van der Waals surface area (Å²) in [6.07, 6.45) is 1.56. The Labute approximate surface area is 214 Å². The molecule has 10 nitrogen and oxygen atoms in total. The fourth-order valence-corrected chi connectivity index (χ4v) is 4.20. The van der Waals surface area contributed by atoms with Crippen molar-refractivity contribution in [1.82, 2.24) is 30.0 Å². The van der Waals surface area contributed by atoms with Crippen LogP contribution >= 0.6 is 11.6 Å². The third-order valence-electron chi connectivity index (χ3n) is 6.06. The van der Waals surface area contributed by atoms with Gasteiger partial charge in [-0.3, -0.25) is 5.10 Å². The van der Waals surface area contributed by atoms with Gasteiger partial charge in [0.25, 0.3) is 0 Å². The van der Waals surface area contributed by atoms with Gasteiger partial charge in [-0.15, -0.1) is 0 Å². The summed E-state index contributed by atoms with van der Waals surface area (Å²) in [5, 5.41) is 14.1. The molecule has 1 aliphatic rings. The number of rotatable bonds is 7. The van der Waals surface area contributed by atoms with Crippen molar-refractivity contribution < 1.29 is 4.74 Å². The SMILES string of the molecule is COc1cc(N2CCN(C)CC2)ccc1Nc1ncc(Cl)c(Nc2ccccc2-c2n[nH]c(C)n2)n1. The molecule has 5 rings (SSSR count). The van der Waals surface area contributed by atoms with Gasteiger partial charge in [-0.1, -0.05) is 23.7 Å². The van der Waals surface area contributed by atoms with Gasteiger partial charge in [0.2, 0.25) is 5.95 Å². The fraction of sp³-hybridized carbons (Fsp3) is 0.280. The lowest BCUT2D eigenvalue weighted by Crippen LogP contribution is -2.44. The highest BCUT2D eigenvalue weighted by atomic mass is 35.5. The standard InChI is InChI=1S/C25H28ClN9O/c1-16-28-23(33-32-16)18-6-4-5-7-20(18)29-24-19(26)15-27-25(31-24)30-21-9-8-17(14-22(21)36-3)35-12-10-34(2)11-13-35/h4-9,14-15H,10-13H2,1-3H3,(H,28,32,33)(H2,27,29,30,31). The number of para-hydroxylation sites is 1. The number of benzene rings is 2. The number of aromatic amines is 1. The normalized spacial score (nSPS) is 14.1. The summed E-state index contributed by atoms with van der Waals surface area (Å²) >= 11 is 6.44. The number of halogens is 1. The van der Waals surface area contributed by atoms with Gasteiger partial charge >= 0.3 is 0 Å². The molecule has 1 saturated heterocycles. The molecule has 2 aromatic carbocycles. The van der Waals surface area contributed by atoms with Crippen molar-refractivity contribution in [2.24, 2.45) is 0 Å². The molecule has 0 atom stereocenters. The van der Waals surface area contributed by atoms with Crippen LogP contribution in [0.15, 0.2) is 48.7 Å². The van der Waals surface area contributed by atoms with Gasteiger partial charge in [-0.25, -0.2) is 9.97 Å². The Bertz CT molecular complexity index is 1350. The van der Waals surface area contributed by atoms with Crippen molar-refractivity contribution in [3.8, 4) is 17.1 Å². The van der Waals surface area contributed by atoms with Gasteiger partial charge in [0.1, 0.15) is 16.6 Å². The number of ether oxygens (including phenoxy) is 1. The van der Waals surface area contributed by atoms with E-state index in [9.17, 15) is 0 Å². The zero-order valence-corrected chi connectivity index (χ0v) is 21.2. The minimum atomic E-state index is 0.388. The van der Waals surface area contributed by atoms with Crippen LogP contribution in [0.1, 0.15) is 5.82 Å². The van der Waals surface area contributed by atoms with Gasteiger partial charge in [-0.05, 0) is 38.2 Å². The molecule has 0 saturated carbocycles. The second kappa shape index (κ2) is 10.4. The van der Waals surface area contributed by atoms with Crippen LogP contribution < -0.4 is 20.3 Å². The van der Waals surface area contributed by atoms with Crippen LogP contribution in [-0.2, 0) is 0 Å². The second-order valence-electron chi connectivity index (χ2n) is 8.61. The second-order valence-corrected chi connectivity index (χ2v) is 9.01. The maximum atomic E-state index is 6.44. The molecule has 2 aromatic heterocycles. The van der Waals surface area contributed by atoms with E-state index >= 15 is 0 Å². The number of hydrogen-bond donors (Lipinski definition) is 3. The number of aromatic nitrogens is 5. The van der Waals surface area contributed by atoms with Crippen molar-refractivity contribution >= 4 is 40.4 Å². The lowest BCUT2D eigenvalue weighted by Gasteiger charge is -2.34. The van der Waals surface area contributed by atoms with E-state index in [2.05, 4.69) is 58.7 Å². The summed E-state index contributed by atoms with van der Waals surface area (Å²) in [5.41, 5.74) is 3.49. The number of H-pyrrole nitrogens is 1. The first kappa shape index (κ1) is 23.8. The summed E-state index contributed by atoms with van der Waals surface area (Å²) < 4.78 is 5.67. The Morgan fingerprint density at radius 3 is 2.56 bits per heavy atom. The van der Waals surface area contributed by atoms with Crippen molar-refractivity contribution in [3.05, 3.63) is 59.5 Å². The summed E-state index contributed by atoms with van der Waals surface area (Å²) in [5.74, 6) is 2.88. The summed E-state index contributed by atoms with van der Waals surface area (Å²) in [6.45, 7) is 5.90. The highest BCUT2D eigenvalue weighted by molar-refractivity contribution is 6.33. The monoisotopic (exact) mass is 505 g/mol. The lowest BCUT2D eigenvalue weighted by atomic mass is 10.1. The highest BCUT2D eigenvalue weighted by Gasteiger charge is 2.17. The van der Waals surface area contributed by atoms with Gasteiger partial charge in [0.15, 0.2) is 11.6 Å². The van der Waals surface area contributed by atoms with Crippen LogP contribution in [0.2, 0.25) is 5.02 Å². The quantitative estimate of drug-likeness (QED) is 0.335. The minimum absolute atomic E-state index is 0.388. The predicted molar refractivity (Wildman–Crippen MR) is 143 cm³/mol. The van der Waals surface area contributed by atoms with Crippen LogP contribution in [0.3, 0.4) is 0 Å². The number of hydrogen-bond acceptors (Lipinski definition) is 9. The number of nitrogens with zero attached hydrogens (tertiary/aromatic N) is 6. The number of nitrogens with one attached hydrogen (secondary N) is 3. The molecule has 1 aliphatic heterocycles. The predicted octanol–water partition coefficient (Wildman–Crippen LogP) is 4.47. The number of anilines is 5. The van der Waals surface area contributed by atoms with E-state index in [4.69, 9.17) is 16.3 Å². The number of aryl methyl sites for hydroxylation is 1. The van der Waals surface area contributed by atoms with Crippen LogP contribution in [0.25, 0.3) is 11.4 Å². The molecule has 3 heterocycles. The van der Waals surface area contributed by atoms with Crippen LogP contribution in [0.4, 0.5) is 28.8 Å². The largest absolute Gasteiger partial charge is 0.494 e. The van der Waals surface area contributed by atoms with E-state index in [1.165, 1.54) is 0 Å². The number of piperazine rings is 1. The molecule has 0 spiro atoms. The molecule has 36 heavy (non-hydrogen) atoms. The molecule has 0 amide bonds. The van der Waals surface area contributed by atoms with Gasteiger partial charge < -0.3 is 25.2 Å². The average Bonchev–Trinajstić information content (AvgIpc) is 3.33. The molecule has 0 radical (unpaired) electrons.